The molecule has 0 aliphatic rings. The van der Waals surface area contributed by atoms with Crippen molar-refractivity contribution >= 4 is 29.3 Å². The minimum Gasteiger partial charge on any atom is -0.354 e. The van der Waals surface area contributed by atoms with E-state index in [-0.39, 0.29) is 0 Å². The summed E-state index contributed by atoms with van der Waals surface area (Å²) in [5.41, 5.74) is 2.86. The Morgan fingerprint density at radius 2 is 2.47 bits per heavy atom. The lowest BCUT2D eigenvalue weighted by molar-refractivity contribution is 0.229. The number of rotatable bonds is 5. The minimum absolute atomic E-state index is 0.362. The standard InChI is InChI=1S/C10H15ClN4OS/c1-12-10(15-16)14-5-6-17-7-9-8(11)3-2-4-13-9/h2-4,16H,5-7H2,1H3,(H2,12,14,15). The predicted octanol–water partition coefficient (Wildman–Crippen LogP) is 1.52. The van der Waals surface area contributed by atoms with E-state index in [4.69, 9.17) is 16.8 Å². The van der Waals surface area contributed by atoms with Gasteiger partial charge in [-0.25, -0.2) is 5.48 Å². The van der Waals surface area contributed by atoms with E-state index in [1.807, 2.05) is 17.6 Å². The van der Waals surface area contributed by atoms with Gasteiger partial charge in [0, 0.05) is 31.3 Å². The zero-order chi connectivity index (χ0) is 12.5. The third kappa shape index (κ3) is 5.25. The molecule has 0 radical (unpaired) electrons. The molecule has 0 atom stereocenters. The summed E-state index contributed by atoms with van der Waals surface area (Å²) in [6, 6.07) is 3.65. The monoisotopic (exact) mass is 274 g/mol. The quantitative estimate of drug-likeness (QED) is 0.329. The van der Waals surface area contributed by atoms with E-state index in [1.54, 1.807) is 25.0 Å². The average Bonchev–Trinajstić information content (AvgIpc) is 2.36. The van der Waals surface area contributed by atoms with E-state index in [1.165, 1.54) is 0 Å². The predicted molar refractivity (Wildman–Crippen MR) is 71.7 cm³/mol. The number of guanidine groups is 1. The highest BCUT2D eigenvalue weighted by Gasteiger charge is 2.00. The van der Waals surface area contributed by atoms with Crippen molar-refractivity contribution < 1.29 is 5.21 Å². The van der Waals surface area contributed by atoms with Crippen molar-refractivity contribution in [3.63, 3.8) is 0 Å². The van der Waals surface area contributed by atoms with Crippen LogP contribution in [0.15, 0.2) is 23.3 Å². The van der Waals surface area contributed by atoms with Crippen LogP contribution in [0.4, 0.5) is 0 Å². The SMILES string of the molecule is CN=C(NO)NCCSCc1ncccc1Cl. The summed E-state index contributed by atoms with van der Waals surface area (Å²) in [6.07, 6.45) is 1.73. The van der Waals surface area contributed by atoms with E-state index in [0.717, 1.165) is 17.2 Å². The van der Waals surface area contributed by atoms with Crippen molar-refractivity contribution in [1.82, 2.24) is 15.8 Å². The van der Waals surface area contributed by atoms with Crippen molar-refractivity contribution in [1.29, 1.82) is 0 Å². The van der Waals surface area contributed by atoms with Crippen LogP contribution in [-0.2, 0) is 5.75 Å². The second-order valence-electron chi connectivity index (χ2n) is 3.10. The molecule has 17 heavy (non-hydrogen) atoms. The molecule has 7 heteroatoms. The molecule has 0 fully saturated rings. The molecule has 0 aliphatic heterocycles. The van der Waals surface area contributed by atoms with Crippen LogP contribution in [0, 0.1) is 0 Å². The number of pyridine rings is 1. The fraction of sp³-hybridized carbons (Fsp3) is 0.400. The van der Waals surface area contributed by atoms with Crippen molar-refractivity contribution in [2.45, 2.75) is 5.75 Å². The van der Waals surface area contributed by atoms with Crippen LogP contribution in [0.2, 0.25) is 5.02 Å². The van der Waals surface area contributed by atoms with Gasteiger partial charge in [0.05, 0.1) is 10.7 Å². The van der Waals surface area contributed by atoms with Gasteiger partial charge in [-0.3, -0.25) is 15.2 Å². The number of aliphatic imine (C=N–C) groups is 1. The highest BCUT2D eigenvalue weighted by molar-refractivity contribution is 7.98. The summed E-state index contributed by atoms with van der Waals surface area (Å²) in [6.45, 7) is 0.704. The van der Waals surface area contributed by atoms with E-state index in [9.17, 15) is 0 Å². The summed E-state index contributed by atoms with van der Waals surface area (Å²) in [4.78, 5) is 7.97. The first-order valence-corrected chi connectivity index (χ1v) is 6.59. The van der Waals surface area contributed by atoms with E-state index < -0.39 is 0 Å². The Bertz CT molecular complexity index is 375. The maximum atomic E-state index is 8.62. The van der Waals surface area contributed by atoms with Gasteiger partial charge in [0.15, 0.2) is 0 Å². The fourth-order valence-corrected chi connectivity index (χ4v) is 2.19. The van der Waals surface area contributed by atoms with Gasteiger partial charge in [0.1, 0.15) is 0 Å². The van der Waals surface area contributed by atoms with Crippen LogP contribution in [0.1, 0.15) is 5.69 Å². The molecule has 0 saturated heterocycles. The van der Waals surface area contributed by atoms with E-state index >= 15 is 0 Å². The van der Waals surface area contributed by atoms with Crippen LogP contribution in [0.5, 0.6) is 0 Å². The second kappa shape index (κ2) is 8.16. The smallest absolute Gasteiger partial charge is 0.215 e. The van der Waals surface area contributed by atoms with Crippen LogP contribution in [-0.4, -0.2) is 35.5 Å². The zero-order valence-electron chi connectivity index (χ0n) is 9.48. The molecule has 0 amide bonds. The molecule has 1 heterocycles. The molecule has 0 unspecified atom stereocenters. The second-order valence-corrected chi connectivity index (χ2v) is 4.61. The molecule has 5 nitrogen and oxygen atoms in total. The molecule has 0 aliphatic carbocycles. The Hall–Kier alpha value is -0.980. The Kier molecular flexibility index (Phi) is 6.76. The molecule has 94 valence electrons. The molecule has 0 aromatic carbocycles. The lowest BCUT2D eigenvalue weighted by atomic mass is 10.4. The maximum absolute atomic E-state index is 8.62. The van der Waals surface area contributed by atoms with Crippen LogP contribution < -0.4 is 10.8 Å². The lowest BCUT2D eigenvalue weighted by Crippen LogP contribution is -2.36. The largest absolute Gasteiger partial charge is 0.354 e. The van der Waals surface area contributed by atoms with Gasteiger partial charge in [0.2, 0.25) is 5.96 Å². The number of nitrogens with zero attached hydrogens (tertiary/aromatic N) is 2. The molecule has 1 aromatic rings. The molecule has 0 saturated carbocycles. The van der Waals surface area contributed by atoms with Gasteiger partial charge in [-0.1, -0.05) is 11.6 Å². The van der Waals surface area contributed by atoms with Crippen molar-refractivity contribution in [3.05, 3.63) is 29.0 Å². The molecular weight excluding hydrogens is 260 g/mol. The minimum atomic E-state index is 0.362. The summed E-state index contributed by atoms with van der Waals surface area (Å²) in [5.74, 6) is 2.00. The summed E-state index contributed by atoms with van der Waals surface area (Å²) in [5, 5.41) is 12.2. The number of hydrogen-bond acceptors (Lipinski definition) is 4. The molecule has 0 spiro atoms. The summed E-state index contributed by atoms with van der Waals surface area (Å²) >= 11 is 7.69. The maximum Gasteiger partial charge on any atom is 0.215 e. The number of nitrogens with one attached hydrogen (secondary N) is 2. The number of aromatic nitrogens is 1. The number of thioether (sulfide) groups is 1. The van der Waals surface area contributed by atoms with Gasteiger partial charge < -0.3 is 5.32 Å². The normalized spacial score (nSPS) is 11.4. The first-order chi connectivity index (χ1) is 8.27. The summed E-state index contributed by atoms with van der Waals surface area (Å²) < 4.78 is 0. The first kappa shape index (κ1) is 14.1. The average molecular weight is 275 g/mol. The van der Waals surface area contributed by atoms with E-state index in [2.05, 4.69) is 15.3 Å². The highest BCUT2D eigenvalue weighted by Crippen LogP contribution is 2.17. The van der Waals surface area contributed by atoms with Gasteiger partial charge in [-0.05, 0) is 12.1 Å². The third-order valence-corrected chi connectivity index (χ3v) is 3.26. The molecule has 3 N–H and O–H groups in total. The molecular formula is C10H15ClN4OS. The molecule has 1 rings (SSSR count). The van der Waals surface area contributed by atoms with E-state index in [0.29, 0.717) is 17.5 Å². The van der Waals surface area contributed by atoms with Gasteiger partial charge in [-0.2, -0.15) is 11.8 Å². The van der Waals surface area contributed by atoms with Crippen LogP contribution >= 0.6 is 23.4 Å². The van der Waals surface area contributed by atoms with Gasteiger partial charge >= 0.3 is 0 Å². The zero-order valence-corrected chi connectivity index (χ0v) is 11.1. The van der Waals surface area contributed by atoms with Crippen molar-refractivity contribution in [2.24, 2.45) is 4.99 Å². The third-order valence-electron chi connectivity index (χ3n) is 1.94. The summed E-state index contributed by atoms with van der Waals surface area (Å²) in [7, 11) is 1.59. The lowest BCUT2D eigenvalue weighted by Gasteiger charge is -2.07. The Balaban J connectivity index is 2.19. The topological polar surface area (TPSA) is 69.5 Å². The Morgan fingerprint density at radius 3 is 3.12 bits per heavy atom. The number of hydroxylamine groups is 1. The number of hydrogen-bond donors (Lipinski definition) is 3. The van der Waals surface area contributed by atoms with Gasteiger partial charge in [-0.15, -0.1) is 0 Å². The molecule has 1 aromatic heterocycles. The number of halogens is 1. The highest BCUT2D eigenvalue weighted by atomic mass is 35.5. The first-order valence-electron chi connectivity index (χ1n) is 5.06. The van der Waals surface area contributed by atoms with Crippen LogP contribution in [0.25, 0.3) is 0 Å². The fourth-order valence-electron chi connectivity index (χ4n) is 1.10. The Morgan fingerprint density at radius 1 is 1.65 bits per heavy atom. The molecule has 0 bridgehead atoms. The van der Waals surface area contributed by atoms with Crippen molar-refractivity contribution in [2.75, 3.05) is 19.3 Å². The van der Waals surface area contributed by atoms with Gasteiger partial charge in [0.25, 0.3) is 0 Å². The van der Waals surface area contributed by atoms with Crippen molar-refractivity contribution in [3.8, 4) is 0 Å². The van der Waals surface area contributed by atoms with Crippen LogP contribution in [0.3, 0.4) is 0 Å². The Labute approximate surface area is 110 Å².